The van der Waals surface area contributed by atoms with E-state index in [1.54, 1.807) is 14.2 Å². The second kappa shape index (κ2) is 6.14. The van der Waals surface area contributed by atoms with E-state index in [0.717, 1.165) is 16.7 Å². The van der Waals surface area contributed by atoms with E-state index in [2.05, 4.69) is 6.92 Å². The van der Waals surface area contributed by atoms with Crippen molar-refractivity contribution >= 4 is 5.97 Å². The Labute approximate surface area is 203 Å². The fourth-order valence-electron chi connectivity index (χ4n) is 8.75. The molecule has 9 nitrogen and oxygen atoms in total. The van der Waals surface area contributed by atoms with Gasteiger partial charge in [0.05, 0.1) is 13.7 Å². The van der Waals surface area contributed by atoms with Crippen LogP contribution in [0.25, 0.3) is 0 Å². The fourth-order valence-corrected chi connectivity index (χ4v) is 8.75. The monoisotopic (exact) mass is 488 g/mol. The molecule has 0 aromatic heterocycles. The van der Waals surface area contributed by atoms with E-state index >= 15 is 0 Å². The van der Waals surface area contributed by atoms with Crippen molar-refractivity contribution in [2.45, 2.75) is 88.5 Å². The molecule has 1 N–H and O–H groups in total. The predicted octanol–water partition coefficient (Wildman–Crippen LogP) is 2.75. The van der Waals surface area contributed by atoms with Crippen LogP contribution in [0.1, 0.15) is 67.1 Å². The lowest BCUT2D eigenvalue weighted by Gasteiger charge is -2.66. The van der Waals surface area contributed by atoms with Crippen molar-refractivity contribution < 1.29 is 43.1 Å². The van der Waals surface area contributed by atoms with Crippen LogP contribution >= 0.6 is 0 Å². The average molecular weight is 489 g/mol. The predicted molar refractivity (Wildman–Crippen MR) is 119 cm³/mol. The Balaban J connectivity index is 1.45. The van der Waals surface area contributed by atoms with E-state index in [9.17, 15) is 9.90 Å². The lowest BCUT2D eigenvalue weighted by molar-refractivity contribution is -0.436. The topological polar surface area (TPSA) is 102 Å². The van der Waals surface area contributed by atoms with Gasteiger partial charge in [-0.05, 0) is 39.2 Å². The number of rotatable bonds is 2. The Morgan fingerprint density at radius 3 is 2.57 bits per heavy atom. The number of aliphatic hydroxyl groups is 1. The molecular weight excluding hydrogens is 456 g/mol. The number of methoxy groups -OCH3 is 2. The zero-order valence-corrected chi connectivity index (χ0v) is 21.0. The summed E-state index contributed by atoms with van der Waals surface area (Å²) in [6, 6.07) is 0. The third kappa shape index (κ3) is 2.16. The number of ether oxygens (including phenoxy) is 7. The maximum absolute atomic E-state index is 12.6. The Bertz CT molecular complexity index is 1200. The zero-order chi connectivity index (χ0) is 24.8. The maximum Gasteiger partial charge on any atom is 0.342 e. The summed E-state index contributed by atoms with van der Waals surface area (Å²) in [4.78, 5) is 12.6. The van der Waals surface area contributed by atoms with Crippen molar-refractivity contribution in [3.8, 4) is 11.5 Å². The van der Waals surface area contributed by atoms with Crippen LogP contribution in [0.2, 0.25) is 0 Å². The first kappa shape index (κ1) is 22.3. The molecule has 5 heterocycles. The molecule has 1 saturated carbocycles. The smallest absolute Gasteiger partial charge is 0.342 e. The van der Waals surface area contributed by atoms with Gasteiger partial charge in [-0.15, -0.1) is 0 Å². The number of hydrogen-bond donors (Lipinski definition) is 1. The first-order valence-electron chi connectivity index (χ1n) is 12.3. The van der Waals surface area contributed by atoms with Gasteiger partial charge in [0, 0.05) is 42.4 Å². The number of benzene rings is 1. The lowest BCUT2D eigenvalue weighted by atomic mass is 9.45. The van der Waals surface area contributed by atoms with E-state index in [1.807, 2.05) is 20.8 Å². The van der Waals surface area contributed by atoms with Gasteiger partial charge in [0.2, 0.25) is 5.79 Å². The normalized spacial score (nSPS) is 48.4. The van der Waals surface area contributed by atoms with E-state index in [1.165, 1.54) is 0 Å². The quantitative estimate of drug-likeness (QED) is 0.630. The number of carbonyl (C=O) groups is 1. The number of carbonyl (C=O) groups excluding carboxylic acids is 1. The molecule has 7 atom stereocenters. The molecule has 5 aliphatic heterocycles. The number of hydrogen-bond acceptors (Lipinski definition) is 9. The zero-order valence-electron chi connectivity index (χ0n) is 21.0. The molecule has 190 valence electrons. The third-order valence-corrected chi connectivity index (χ3v) is 10.1. The van der Waals surface area contributed by atoms with Gasteiger partial charge >= 0.3 is 5.97 Å². The van der Waals surface area contributed by atoms with Crippen molar-refractivity contribution in [1.29, 1.82) is 0 Å². The van der Waals surface area contributed by atoms with Crippen LogP contribution in [0.4, 0.5) is 0 Å². The van der Waals surface area contributed by atoms with Crippen molar-refractivity contribution in [3.05, 3.63) is 22.3 Å². The van der Waals surface area contributed by atoms with Gasteiger partial charge in [0.25, 0.3) is 5.97 Å². The highest BCUT2D eigenvalue weighted by Crippen LogP contribution is 2.75. The van der Waals surface area contributed by atoms with Crippen molar-refractivity contribution in [1.82, 2.24) is 0 Å². The Hall–Kier alpha value is -1.91. The molecule has 1 aromatic carbocycles. The summed E-state index contributed by atoms with van der Waals surface area (Å²) in [6.45, 7) is 8.48. The van der Waals surface area contributed by atoms with Gasteiger partial charge < -0.3 is 38.3 Å². The molecule has 1 aromatic rings. The standard InChI is InChI=1S/C26H32O9/c1-13-15-10-31-20(27)17(15)19(29-5)14-9-16-21(2)7-8-25(30-6)34-23(4)12-32-24(28,26(21,23)35-25)11-22(16,3)33-18(13)14/h16,28H,7-12H2,1-6H3/t16-,21+,22+,23-,24-,25-,26-/m0/s1. The summed E-state index contributed by atoms with van der Waals surface area (Å²) in [5.74, 6) is -2.09. The molecule has 3 saturated heterocycles. The molecule has 4 fully saturated rings. The van der Waals surface area contributed by atoms with Crippen LogP contribution in [-0.4, -0.2) is 60.5 Å². The van der Waals surface area contributed by atoms with Crippen LogP contribution in [0, 0.1) is 18.3 Å². The first-order valence-corrected chi connectivity index (χ1v) is 12.3. The molecule has 1 aliphatic carbocycles. The SMILES string of the molecule is COc1c2c(c(C)c3c1C(=O)OC3)O[C@]1(C)C[C@]3(O)OC[C@]4(C)O[C@@]5(OC)CC[C@](C)([C@@H]1C2)[C@]43O5. The average Bonchev–Trinajstić information content (AvgIpc) is 3.37. The minimum atomic E-state index is -1.63. The number of cyclic esters (lactones) is 1. The molecule has 7 rings (SSSR count). The van der Waals surface area contributed by atoms with Gasteiger partial charge in [0.15, 0.2) is 5.60 Å². The molecule has 0 amide bonds. The van der Waals surface area contributed by atoms with E-state index in [-0.39, 0.29) is 31.5 Å². The van der Waals surface area contributed by atoms with E-state index in [4.69, 9.17) is 33.2 Å². The highest BCUT2D eigenvalue weighted by Gasteiger charge is 2.89. The van der Waals surface area contributed by atoms with Crippen LogP contribution < -0.4 is 9.47 Å². The second-order valence-electron chi connectivity index (χ2n) is 11.7. The highest BCUT2D eigenvalue weighted by atomic mass is 16.9. The highest BCUT2D eigenvalue weighted by molar-refractivity contribution is 5.98. The minimum Gasteiger partial charge on any atom is -0.495 e. The van der Waals surface area contributed by atoms with Crippen LogP contribution in [0.15, 0.2) is 0 Å². The first-order chi connectivity index (χ1) is 16.4. The van der Waals surface area contributed by atoms with E-state index < -0.39 is 34.0 Å². The van der Waals surface area contributed by atoms with Gasteiger partial charge in [-0.1, -0.05) is 6.92 Å². The van der Waals surface area contributed by atoms with Crippen molar-refractivity contribution in [2.75, 3.05) is 20.8 Å². The summed E-state index contributed by atoms with van der Waals surface area (Å²) in [7, 11) is 3.15. The summed E-state index contributed by atoms with van der Waals surface area (Å²) in [5, 5.41) is 12.2. The third-order valence-electron chi connectivity index (χ3n) is 10.1. The molecule has 0 unspecified atom stereocenters. The van der Waals surface area contributed by atoms with Crippen LogP contribution in [0.3, 0.4) is 0 Å². The van der Waals surface area contributed by atoms with Gasteiger partial charge in [0.1, 0.15) is 34.9 Å². The summed E-state index contributed by atoms with van der Waals surface area (Å²) < 4.78 is 43.1. The van der Waals surface area contributed by atoms with E-state index in [0.29, 0.717) is 36.3 Å². The molecule has 6 aliphatic rings. The van der Waals surface area contributed by atoms with Crippen molar-refractivity contribution in [2.24, 2.45) is 11.3 Å². The molecular formula is C26H32O9. The van der Waals surface area contributed by atoms with Crippen LogP contribution in [0.5, 0.6) is 11.5 Å². The van der Waals surface area contributed by atoms with Crippen molar-refractivity contribution in [3.63, 3.8) is 0 Å². The minimum absolute atomic E-state index is 0.0934. The Morgan fingerprint density at radius 1 is 1.09 bits per heavy atom. The lowest BCUT2D eigenvalue weighted by Crippen LogP contribution is -2.79. The summed E-state index contributed by atoms with van der Waals surface area (Å²) >= 11 is 0. The Morgan fingerprint density at radius 2 is 1.86 bits per heavy atom. The van der Waals surface area contributed by atoms with Gasteiger partial charge in [-0.3, -0.25) is 0 Å². The van der Waals surface area contributed by atoms with Crippen LogP contribution in [-0.2, 0) is 36.7 Å². The van der Waals surface area contributed by atoms with Gasteiger partial charge in [-0.25, -0.2) is 4.79 Å². The van der Waals surface area contributed by atoms with Gasteiger partial charge in [-0.2, -0.15) is 0 Å². The maximum atomic E-state index is 12.6. The molecule has 1 spiro atoms. The summed E-state index contributed by atoms with van der Waals surface area (Å²) in [6.07, 6.45) is 1.98. The number of esters is 1. The largest absolute Gasteiger partial charge is 0.495 e. The molecule has 9 heteroatoms. The summed E-state index contributed by atoms with van der Waals surface area (Å²) in [5.41, 5.74) is -0.424. The molecule has 35 heavy (non-hydrogen) atoms. The molecule has 0 radical (unpaired) electrons. The fraction of sp³-hybridized carbons (Fsp3) is 0.731. The second-order valence-corrected chi connectivity index (χ2v) is 11.7. The molecule has 2 bridgehead atoms. The number of fused-ring (bicyclic) bond motifs is 5. The Kier molecular flexibility index (Phi) is 3.91.